The fourth-order valence-corrected chi connectivity index (χ4v) is 2.15. The minimum absolute atomic E-state index is 0.278. The van der Waals surface area contributed by atoms with Crippen LogP contribution in [0.2, 0.25) is 0 Å². The molecule has 1 aliphatic heterocycles. The van der Waals surface area contributed by atoms with Crippen LogP contribution in [0.1, 0.15) is 10.5 Å². The van der Waals surface area contributed by atoms with Gasteiger partial charge in [0.05, 0.1) is 6.61 Å². The Bertz CT molecular complexity index is 723. The second-order valence-electron chi connectivity index (χ2n) is 5.00. The fourth-order valence-electron chi connectivity index (χ4n) is 2.15. The minimum Gasteiger partial charge on any atom is -0.486 e. The van der Waals surface area contributed by atoms with Crippen molar-refractivity contribution in [3.63, 3.8) is 0 Å². The minimum atomic E-state index is -0.278. The van der Waals surface area contributed by atoms with Crippen LogP contribution in [0.5, 0.6) is 11.5 Å². The molecule has 2 N–H and O–H groups in total. The van der Waals surface area contributed by atoms with Crippen molar-refractivity contribution < 1.29 is 19.0 Å². The number of amides is 1. The maximum atomic E-state index is 12.0. The van der Waals surface area contributed by atoms with E-state index >= 15 is 0 Å². The van der Waals surface area contributed by atoms with Gasteiger partial charge in [-0.1, -0.05) is 0 Å². The van der Waals surface area contributed by atoms with Crippen molar-refractivity contribution in [1.82, 2.24) is 15.3 Å². The van der Waals surface area contributed by atoms with Crippen molar-refractivity contribution in [2.45, 2.75) is 0 Å². The first kappa shape index (κ1) is 16.0. The van der Waals surface area contributed by atoms with Crippen LogP contribution >= 0.6 is 0 Å². The normalized spacial score (nSPS) is 12.5. The molecule has 24 heavy (non-hydrogen) atoms. The number of fused-ring (bicyclic) bond motifs is 1. The van der Waals surface area contributed by atoms with Gasteiger partial charge >= 0.3 is 0 Å². The van der Waals surface area contributed by atoms with Crippen LogP contribution in [0.25, 0.3) is 0 Å². The third-order valence-corrected chi connectivity index (χ3v) is 3.28. The summed E-state index contributed by atoms with van der Waals surface area (Å²) in [4.78, 5) is 20.3. The molecule has 1 aromatic carbocycles. The topological polar surface area (TPSA) is 94.6 Å². The molecule has 2 heterocycles. The summed E-state index contributed by atoms with van der Waals surface area (Å²) in [5.41, 5.74) is 1.03. The van der Waals surface area contributed by atoms with E-state index in [1.807, 2.05) is 18.2 Å². The largest absolute Gasteiger partial charge is 0.486 e. The summed E-state index contributed by atoms with van der Waals surface area (Å²) >= 11 is 0. The van der Waals surface area contributed by atoms with Gasteiger partial charge in [-0.25, -0.2) is 9.97 Å². The van der Waals surface area contributed by atoms with Crippen LogP contribution in [0.15, 0.2) is 30.5 Å². The van der Waals surface area contributed by atoms with Gasteiger partial charge in [-0.3, -0.25) is 4.79 Å². The van der Waals surface area contributed by atoms with Gasteiger partial charge in [0.15, 0.2) is 11.5 Å². The van der Waals surface area contributed by atoms with Gasteiger partial charge in [-0.15, -0.1) is 0 Å². The predicted molar refractivity (Wildman–Crippen MR) is 87.0 cm³/mol. The zero-order valence-electron chi connectivity index (χ0n) is 13.2. The highest BCUT2D eigenvalue weighted by atomic mass is 16.6. The maximum Gasteiger partial charge on any atom is 0.270 e. The van der Waals surface area contributed by atoms with Gasteiger partial charge in [-0.2, -0.15) is 0 Å². The number of aromatic nitrogens is 2. The lowest BCUT2D eigenvalue weighted by Crippen LogP contribution is -2.27. The third kappa shape index (κ3) is 3.90. The van der Waals surface area contributed by atoms with Crippen molar-refractivity contribution in [3.8, 4) is 11.5 Å². The molecule has 0 atom stereocenters. The van der Waals surface area contributed by atoms with Gasteiger partial charge in [0.2, 0.25) is 5.95 Å². The second-order valence-corrected chi connectivity index (χ2v) is 5.00. The van der Waals surface area contributed by atoms with E-state index in [-0.39, 0.29) is 11.6 Å². The van der Waals surface area contributed by atoms with E-state index < -0.39 is 0 Å². The standard InChI is InChI=1S/C16H18N4O4/c1-22-7-6-17-15(21)12-4-5-18-16(20-12)19-11-2-3-13-14(10-11)24-9-8-23-13/h2-5,10H,6-9H2,1H3,(H,17,21)(H,18,19,20). The van der Waals surface area contributed by atoms with E-state index in [0.29, 0.717) is 43.8 Å². The number of nitrogens with one attached hydrogen (secondary N) is 2. The summed E-state index contributed by atoms with van der Waals surface area (Å²) in [6.45, 7) is 1.93. The SMILES string of the molecule is COCCNC(=O)c1ccnc(Nc2ccc3c(c2)OCCO3)n1. The highest BCUT2D eigenvalue weighted by Gasteiger charge is 2.13. The first-order valence-electron chi connectivity index (χ1n) is 7.53. The highest BCUT2D eigenvalue weighted by Crippen LogP contribution is 2.33. The number of nitrogens with zero attached hydrogens (tertiary/aromatic N) is 2. The van der Waals surface area contributed by atoms with Crippen molar-refractivity contribution in [1.29, 1.82) is 0 Å². The third-order valence-electron chi connectivity index (χ3n) is 3.28. The molecule has 3 rings (SSSR count). The Kier molecular flexibility index (Phi) is 5.07. The van der Waals surface area contributed by atoms with Crippen LogP contribution in [-0.2, 0) is 4.74 Å². The number of hydrogen-bond donors (Lipinski definition) is 2. The van der Waals surface area contributed by atoms with Gasteiger partial charge in [-0.05, 0) is 18.2 Å². The number of ether oxygens (including phenoxy) is 3. The number of benzene rings is 1. The van der Waals surface area contributed by atoms with E-state index in [1.54, 1.807) is 13.2 Å². The smallest absolute Gasteiger partial charge is 0.270 e. The van der Waals surface area contributed by atoms with Crippen molar-refractivity contribution in [2.75, 3.05) is 38.8 Å². The van der Waals surface area contributed by atoms with Gasteiger partial charge in [0.1, 0.15) is 18.9 Å². The molecule has 0 fully saturated rings. The van der Waals surface area contributed by atoms with Gasteiger partial charge in [0.25, 0.3) is 5.91 Å². The molecule has 0 spiro atoms. The average Bonchev–Trinajstić information content (AvgIpc) is 2.62. The number of methoxy groups -OCH3 is 1. The van der Waals surface area contributed by atoms with Crippen molar-refractivity contribution in [2.24, 2.45) is 0 Å². The molecular formula is C16H18N4O4. The second kappa shape index (κ2) is 7.60. The molecule has 0 saturated heterocycles. The Labute approximate surface area is 139 Å². The molecule has 1 aromatic heterocycles. The van der Waals surface area contributed by atoms with E-state index in [1.165, 1.54) is 6.20 Å². The summed E-state index contributed by atoms with van der Waals surface area (Å²) in [6.07, 6.45) is 1.53. The van der Waals surface area contributed by atoms with Crippen LogP contribution in [0.4, 0.5) is 11.6 Å². The monoisotopic (exact) mass is 330 g/mol. The van der Waals surface area contributed by atoms with Crippen LogP contribution in [-0.4, -0.2) is 49.4 Å². The maximum absolute atomic E-state index is 12.0. The van der Waals surface area contributed by atoms with Crippen molar-refractivity contribution >= 4 is 17.5 Å². The Morgan fingerprint density at radius 1 is 1.25 bits per heavy atom. The highest BCUT2D eigenvalue weighted by molar-refractivity contribution is 5.92. The van der Waals surface area contributed by atoms with E-state index in [9.17, 15) is 4.79 Å². The average molecular weight is 330 g/mol. The lowest BCUT2D eigenvalue weighted by molar-refractivity contribution is 0.0932. The molecule has 0 bridgehead atoms. The summed E-state index contributed by atoms with van der Waals surface area (Å²) in [7, 11) is 1.58. The number of anilines is 2. The summed E-state index contributed by atoms with van der Waals surface area (Å²) in [5, 5.41) is 5.77. The first-order valence-corrected chi connectivity index (χ1v) is 7.53. The van der Waals surface area contributed by atoms with E-state index in [2.05, 4.69) is 20.6 Å². The summed E-state index contributed by atoms with van der Waals surface area (Å²) in [5.74, 6) is 1.42. The number of carbonyl (C=O) groups is 1. The molecule has 1 amide bonds. The van der Waals surface area contributed by atoms with E-state index in [4.69, 9.17) is 14.2 Å². The van der Waals surface area contributed by atoms with Crippen LogP contribution in [0, 0.1) is 0 Å². The Balaban J connectivity index is 1.69. The lowest BCUT2D eigenvalue weighted by Gasteiger charge is -2.19. The summed E-state index contributed by atoms with van der Waals surface area (Å²) < 4.78 is 15.9. The molecule has 0 radical (unpaired) electrons. The molecule has 0 unspecified atom stereocenters. The first-order chi connectivity index (χ1) is 11.8. The quantitative estimate of drug-likeness (QED) is 0.772. The van der Waals surface area contributed by atoms with Gasteiger partial charge < -0.3 is 24.8 Å². The molecule has 8 nitrogen and oxygen atoms in total. The number of carbonyl (C=O) groups excluding carboxylic acids is 1. The molecular weight excluding hydrogens is 312 g/mol. The Morgan fingerprint density at radius 2 is 2.08 bits per heavy atom. The summed E-state index contributed by atoms with van der Waals surface area (Å²) in [6, 6.07) is 7.01. The molecule has 2 aromatic rings. The molecule has 126 valence electrons. The Hall–Kier alpha value is -2.87. The number of rotatable bonds is 6. The van der Waals surface area contributed by atoms with Gasteiger partial charge in [0, 0.05) is 31.6 Å². The predicted octanol–water partition coefficient (Wildman–Crippen LogP) is 1.37. The van der Waals surface area contributed by atoms with Crippen LogP contribution < -0.4 is 20.1 Å². The molecule has 1 aliphatic rings. The molecule has 8 heteroatoms. The zero-order valence-corrected chi connectivity index (χ0v) is 13.2. The molecule has 0 aliphatic carbocycles. The fraction of sp³-hybridized carbons (Fsp3) is 0.312. The lowest BCUT2D eigenvalue weighted by atomic mass is 10.2. The molecule has 0 saturated carbocycles. The number of hydrogen-bond acceptors (Lipinski definition) is 7. The Morgan fingerprint density at radius 3 is 2.92 bits per heavy atom. The van der Waals surface area contributed by atoms with Crippen LogP contribution in [0.3, 0.4) is 0 Å². The zero-order chi connectivity index (χ0) is 16.8. The van der Waals surface area contributed by atoms with E-state index in [0.717, 1.165) is 5.69 Å². The van der Waals surface area contributed by atoms with Crippen molar-refractivity contribution in [3.05, 3.63) is 36.2 Å².